The third-order valence-electron chi connectivity index (χ3n) is 13.9. The van der Waals surface area contributed by atoms with E-state index in [0.717, 1.165) is 57.8 Å². The summed E-state index contributed by atoms with van der Waals surface area (Å²) >= 11 is 0. The van der Waals surface area contributed by atoms with Crippen LogP contribution in [0.5, 0.6) is 0 Å². The van der Waals surface area contributed by atoms with Gasteiger partial charge in [-0.15, -0.1) is 0 Å². The number of amides is 1. The summed E-state index contributed by atoms with van der Waals surface area (Å²) in [4.78, 5) is 37.6. The minimum atomic E-state index is -4.44. The lowest BCUT2D eigenvalue weighted by atomic mass is 10.0. The number of rotatable bonds is 56. The molecule has 0 fully saturated rings. The number of carbonyl (C=O) groups excluding carboxylic acids is 2. The average Bonchev–Trinajstić information content (AvgIpc) is 3.33. The van der Waals surface area contributed by atoms with Gasteiger partial charge < -0.3 is 19.4 Å². The van der Waals surface area contributed by atoms with Crippen LogP contribution in [0.1, 0.15) is 303 Å². The van der Waals surface area contributed by atoms with Crippen LogP contribution in [-0.4, -0.2) is 74.3 Å². The van der Waals surface area contributed by atoms with Crippen molar-refractivity contribution in [1.29, 1.82) is 0 Å². The van der Waals surface area contributed by atoms with Gasteiger partial charge in [0, 0.05) is 12.8 Å². The molecule has 3 unspecified atom stereocenters. The standard InChI is InChI=1S/C61H119N2O7P/c1-7-10-13-16-19-22-25-28-29-30-31-32-33-36-38-41-44-47-50-53-60(64)62-58(57-69-71(66,67)68-56-55-63(4,5)6)59(52-49-46-43-40-37-34-26-23-20-17-14-11-8-2)70-61(65)54-51-48-45-42-39-35-27-24-21-18-15-12-9-3/h28-29,49,52,58-59H,7-27,30-48,50-51,53-57H2,1-6H3,(H-,62,64,66,67)/p+1/b29-28+,52-49-. The predicted octanol–water partition coefficient (Wildman–Crippen LogP) is 18.6. The highest BCUT2D eigenvalue weighted by Gasteiger charge is 2.30. The first-order valence-electron chi connectivity index (χ1n) is 30.7. The van der Waals surface area contributed by atoms with Crippen LogP contribution in [0, 0.1) is 0 Å². The molecular weight excluding hydrogens is 904 g/mol. The molecule has 1 amide bonds. The largest absolute Gasteiger partial charge is 0.472 e. The van der Waals surface area contributed by atoms with Gasteiger partial charge in [0.2, 0.25) is 5.91 Å². The van der Waals surface area contributed by atoms with Crippen LogP contribution in [0.15, 0.2) is 24.3 Å². The fraction of sp³-hybridized carbons (Fsp3) is 0.902. The van der Waals surface area contributed by atoms with Crippen molar-refractivity contribution in [1.82, 2.24) is 5.32 Å². The van der Waals surface area contributed by atoms with Crippen LogP contribution >= 0.6 is 7.82 Å². The van der Waals surface area contributed by atoms with E-state index in [-0.39, 0.29) is 25.1 Å². The fourth-order valence-corrected chi connectivity index (χ4v) is 9.85. The number of allylic oxidation sites excluding steroid dienone is 3. The van der Waals surface area contributed by atoms with Crippen molar-refractivity contribution in [2.75, 3.05) is 40.9 Å². The van der Waals surface area contributed by atoms with Crippen LogP contribution in [0.3, 0.4) is 0 Å². The molecule has 0 aliphatic rings. The van der Waals surface area contributed by atoms with E-state index in [0.29, 0.717) is 23.9 Å². The highest BCUT2D eigenvalue weighted by atomic mass is 31.2. The third kappa shape index (κ3) is 53.1. The van der Waals surface area contributed by atoms with Gasteiger partial charge in [0.25, 0.3) is 0 Å². The molecule has 71 heavy (non-hydrogen) atoms. The van der Waals surface area contributed by atoms with Gasteiger partial charge in [-0.05, 0) is 57.4 Å². The molecular formula is C61H120N2O7P+. The van der Waals surface area contributed by atoms with Crippen LogP contribution in [0.25, 0.3) is 0 Å². The molecule has 0 saturated carbocycles. The molecule has 0 saturated heterocycles. The summed E-state index contributed by atoms with van der Waals surface area (Å²) in [5, 5.41) is 3.06. The van der Waals surface area contributed by atoms with Crippen LogP contribution in [-0.2, 0) is 27.9 Å². The zero-order valence-corrected chi connectivity index (χ0v) is 48.9. The zero-order valence-electron chi connectivity index (χ0n) is 48.0. The number of phosphoric acid groups is 1. The van der Waals surface area contributed by atoms with Crippen molar-refractivity contribution in [3.63, 3.8) is 0 Å². The van der Waals surface area contributed by atoms with E-state index in [1.807, 2.05) is 33.3 Å². The van der Waals surface area contributed by atoms with Gasteiger partial charge in [-0.1, -0.05) is 257 Å². The summed E-state index contributed by atoms with van der Waals surface area (Å²) in [7, 11) is 1.51. The lowest BCUT2D eigenvalue weighted by molar-refractivity contribution is -0.870. The highest BCUT2D eigenvalue weighted by Crippen LogP contribution is 2.43. The second kappa shape index (κ2) is 52.0. The van der Waals surface area contributed by atoms with Crippen molar-refractivity contribution in [3.8, 4) is 0 Å². The number of nitrogens with one attached hydrogen (secondary N) is 1. The minimum absolute atomic E-state index is 0.0434. The molecule has 3 atom stereocenters. The van der Waals surface area contributed by atoms with Crippen molar-refractivity contribution in [2.45, 2.75) is 315 Å². The van der Waals surface area contributed by atoms with Gasteiger partial charge in [0.05, 0.1) is 33.8 Å². The molecule has 0 aliphatic heterocycles. The number of esters is 1. The number of carbonyl (C=O) groups is 2. The molecule has 0 aromatic rings. The first-order chi connectivity index (χ1) is 34.4. The SMILES string of the molecule is CCCCCCCC/C=C/CCCCCCCCCCCC(=O)NC(COP(=O)(O)OCC[N+](C)(C)C)C(/C=C\CCCCCCCCCCCCC)OC(=O)CCCCCCCCCCCCCCC. The minimum Gasteiger partial charge on any atom is -0.456 e. The molecule has 9 nitrogen and oxygen atoms in total. The zero-order chi connectivity index (χ0) is 52.2. The smallest absolute Gasteiger partial charge is 0.456 e. The lowest BCUT2D eigenvalue weighted by Gasteiger charge is -2.27. The number of phosphoric ester groups is 1. The van der Waals surface area contributed by atoms with Crippen molar-refractivity contribution < 1.29 is 37.3 Å². The van der Waals surface area contributed by atoms with Crippen molar-refractivity contribution in [2.24, 2.45) is 0 Å². The summed E-state index contributed by atoms with van der Waals surface area (Å²) in [5.41, 5.74) is 0. The first-order valence-corrected chi connectivity index (χ1v) is 32.2. The van der Waals surface area contributed by atoms with Crippen molar-refractivity contribution in [3.05, 3.63) is 24.3 Å². The second-order valence-electron chi connectivity index (χ2n) is 22.2. The molecule has 0 aromatic carbocycles. The van der Waals surface area contributed by atoms with E-state index in [2.05, 4.69) is 38.2 Å². The Morgan fingerprint density at radius 2 is 0.817 bits per heavy atom. The maximum Gasteiger partial charge on any atom is 0.472 e. The van der Waals surface area contributed by atoms with Gasteiger partial charge in [-0.3, -0.25) is 18.6 Å². The van der Waals surface area contributed by atoms with Crippen LogP contribution in [0.2, 0.25) is 0 Å². The van der Waals surface area contributed by atoms with E-state index in [1.165, 1.54) is 212 Å². The molecule has 0 radical (unpaired) electrons. The summed E-state index contributed by atoms with van der Waals surface area (Å²) in [6.07, 6.45) is 60.2. The maximum absolute atomic E-state index is 13.5. The molecule has 0 aliphatic carbocycles. The van der Waals surface area contributed by atoms with E-state index < -0.39 is 20.0 Å². The number of hydrogen-bond acceptors (Lipinski definition) is 6. The van der Waals surface area contributed by atoms with Gasteiger partial charge in [-0.25, -0.2) is 4.57 Å². The molecule has 0 rings (SSSR count). The van der Waals surface area contributed by atoms with Gasteiger partial charge in [-0.2, -0.15) is 0 Å². The Kier molecular flexibility index (Phi) is 50.8. The number of quaternary nitrogens is 1. The van der Waals surface area contributed by atoms with Gasteiger partial charge >= 0.3 is 13.8 Å². The van der Waals surface area contributed by atoms with E-state index in [9.17, 15) is 19.0 Å². The molecule has 0 bridgehead atoms. The number of likely N-dealkylation sites (N-methyl/N-ethyl adjacent to an activating group) is 1. The van der Waals surface area contributed by atoms with Crippen molar-refractivity contribution >= 4 is 19.7 Å². The molecule has 2 N–H and O–H groups in total. The number of nitrogens with zero attached hydrogens (tertiary/aromatic N) is 1. The van der Waals surface area contributed by atoms with E-state index in [1.54, 1.807) is 0 Å². The summed E-state index contributed by atoms with van der Waals surface area (Å²) in [5.74, 6) is -0.492. The Balaban J connectivity index is 5.25. The lowest BCUT2D eigenvalue weighted by Crippen LogP contribution is -2.47. The van der Waals surface area contributed by atoms with E-state index in [4.69, 9.17) is 13.8 Å². The summed E-state index contributed by atoms with van der Waals surface area (Å²) in [6, 6.07) is -0.843. The third-order valence-corrected chi connectivity index (χ3v) is 14.9. The number of unbranched alkanes of at least 4 members (excludes halogenated alkanes) is 38. The molecule has 420 valence electrons. The summed E-state index contributed by atoms with van der Waals surface area (Å²) < 4.78 is 30.7. The molecule has 0 aromatic heterocycles. The first kappa shape index (κ1) is 69.5. The molecule has 10 heteroatoms. The van der Waals surface area contributed by atoms with Crippen LogP contribution in [0.4, 0.5) is 0 Å². The maximum atomic E-state index is 13.5. The predicted molar refractivity (Wildman–Crippen MR) is 305 cm³/mol. The second-order valence-corrected chi connectivity index (χ2v) is 23.7. The van der Waals surface area contributed by atoms with Gasteiger partial charge in [0.15, 0.2) is 0 Å². The topological polar surface area (TPSA) is 111 Å². The Morgan fingerprint density at radius 3 is 1.20 bits per heavy atom. The van der Waals surface area contributed by atoms with Gasteiger partial charge in [0.1, 0.15) is 19.3 Å². The number of ether oxygens (including phenoxy) is 1. The fourth-order valence-electron chi connectivity index (χ4n) is 9.11. The Bertz CT molecular complexity index is 1270. The summed E-state index contributed by atoms with van der Waals surface area (Å²) in [6.45, 7) is 7.04. The average molecular weight is 1020 g/mol. The molecule has 0 spiro atoms. The van der Waals surface area contributed by atoms with Crippen LogP contribution < -0.4 is 5.32 Å². The number of hydrogen-bond donors (Lipinski definition) is 2. The Hall–Kier alpha value is -1.51. The molecule has 0 heterocycles. The monoisotopic (exact) mass is 1020 g/mol. The normalized spacial score (nSPS) is 13.8. The Labute approximate surface area is 441 Å². The quantitative estimate of drug-likeness (QED) is 0.0205. The Morgan fingerprint density at radius 1 is 0.479 bits per heavy atom. The highest BCUT2D eigenvalue weighted by molar-refractivity contribution is 7.47. The van der Waals surface area contributed by atoms with E-state index >= 15 is 0 Å².